The molecule has 5 nitrogen and oxygen atoms in total. The van der Waals surface area contributed by atoms with Crippen molar-refractivity contribution in [2.24, 2.45) is 5.73 Å². The van der Waals surface area contributed by atoms with Crippen LogP contribution in [0.1, 0.15) is 46.1 Å². The molecular formula is C20H28F3N3O2. The van der Waals surface area contributed by atoms with Gasteiger partial charge in [0.15, 0.2) is 11.6 Å². The molecule has 8 heteroatoms. The lowest BCUT2D eigenvalue weighted by Crippen LogP contribution is -2.49. The molecule has 0 spiro atoms. The fourth-order valence-corrected chi connectivity index (χ4v) is 3.44. The molecule has 1 heterocycles. The van der Waals surface area contributed by atoms with Gasteiger partial charge in [0.1, 0.15) is 12.4 Å². The minimum Gasteiger partial charge on any atom is -0.336 e. The standard InChI is InChI=1S/C20H28F3N3O2/c1-12-5-6-26(20(2,3)4)19(28)11-25(12)18(27)9-14(24)7-13-8-16(22)17(23)10-15(13)21/h8,10,12,14H,5-7,9,11,24H2,1-4H3/t12?,14-/m1/s1. The molecule has 1 aromatic carbocycles. The third-order valence-electron chi connectivity index (χ3n) is 5.05. The molecular weight excluding hydrogens is 371 g/mol. The first-order chi connectivity index (χ1) is 12.9. The summed E-state index contributed by atoms with van der Waals surface area (Å²) in [5, 5.41) is 0. The molecule has 2 rings (SSSR count). The topological polar surface area (TPSA) is 66.6 Å². The molecule has 0 aliphatic carbocycles. The normalized spacial score (nSPS) is 19.6. The second-order valence-corrected chi connectivity index (χ2v) is 8.40. The van der Waals surface area contributed by atoms with E-state index in [2.05, 4.69) is 0 Å². The molecule has 1 unspecified atom stereocenters. The third kappa shape index (κ3) is 5.25. The van der Waals surface area contributed by atoms with Crippen LogP contribution in [0.15, 0.2) is 12.1 Å². The number of carbonyl (C=O) groups excluding carboxylic acids is 2. The molecule has 1 aromatic rings. The van der Waals surface area contributed by atoms with Crippen molar-refractivity contribution in [2.45, 2.75) is 64.6 Å². The summed E-state index contributed by atoms with van der Waals surface area (Å²) in [7, 11) is 0. The zero-order chi connectivity index (χ0) is 21.2. The van der Waals surface area contributed by atoms with E-state index in [-0.39, 0.29) is 48.3 Å². The summed E-state index contributed by atoms with van der Waals surface area (Å²) in [6.45, 7) is 8.22. The fraction of sp³-hybridized carbons (Fsp3) is 0.600. The molecule has 28 heavy (non-hydrogen) atoms. The highest BCUT2D eigenvalue weighted by Gasteiger charge is 2.34. The highest BCUT2D eigenvalue weighted by molar-refractivity contribution is 5.86. The van der Waals surface area contributed by atoms with Crippen molar-refractivity contribution in [3.05, 3.63) is 35.1 Å². The van der Waals surface area contributed by atoms with Crippen LogP contribution in [0.5, 0.6) is 0 Å². The minimum absolute atomic E-state index is 0.0382. The molecule has 2 N–H and O–H groups in total. The fourth-order valence-electron chi connectivity index (χ4n) is 3.44. The van der Waals surface area contributed by atoms with E-state index in [1.54, 1.807) is 4.90 Å². The van der Waals surface area contributed by atoms with Crippen LogP contribution in [0.3, 0.4) is 0 Å². The smallest absolute Gasteiger partial charge is 0.242 e. The molecule has 0 saturated carbocycles. The van der Waals surface area contributed by atoms with Gasteiger partial charge in [-0.15, -0.1) is 0 Å². The van der Waals surface area contributed by atoms with Gasteiger partial charge in [0, 0.05) is 36.7 Å². The van der Waals surface area contributed by atoms with E-state index in [0.29, 0.717) is 19.0 Å². The van der Waals surface area contributed by atoms with Crippen LogP contribution >= 0.6 is 0 Å². The monoisotopic (exact) mass is 399 g/mol. The number of rotatable bonds is 4. The van der Waals surface area contributed by atoms with Gasteiger partial charge in [0.05, 0.1) is 0 Å². The third-order valence-corrected chi connectivity index (χ3v) is 5.05. The molecule has 156 valence electrons. The summed E-state index contributed by atoms with van der Waals surface area (Å²) in [6, 6.07) is 0.302. The van der Waals surface area contributed by atoms with Crippen molar-refractivity contribution < 1.29 is 22.8 Å². The molecule has 0 aromatic heterocycles. The first-order valence-corrected chi connectivity index (χ1v) is 9.39. The summed E-state index contributed by atoms with van der Waals surface area (Å²) < 4.78 is 40.2. The van der Waals surface area contributed by atoms with Gasteiger partial charge >= 0.3 is 0 Å². The average molecular weight is 399 g/mol. The van der Waals surface area contributed by atoms with Gasteiger partial charge in [-0.3, -0.25) is 9.59 Å². The summed E-state index contributed by atoms with van der Waals surface area (Å²) in [6.07, 6.45) is 0.409. The summed E-state index contributed by atoms with van der Waals surface area (Å²) in [4.78, 5) is 28.6. The summed E-state index contributed by atoms with van der Waals surface area (Å²) in [5.41, 5.74) is 5.54. The second kappa shape index (κ2) is 8.51. The SMILES string of the molecule is CC1CCN(C(C)(C)C)C(=O)CN1C(=O)C[C@H](N)Cc1cc(F)c(F)cc1F. The van der Waals surface area contributed by atoms with E-state index in [1.165, 1.54) is 4.90 Å². The van der Waals surface area contributed by atoms with Gasteiger partial charge in [-0.25, -0.2) is 13.2 Å². The summed E-state index contributed by atoms with van der Waals surface area (Å²) in [5.74, 6) is -3.78. The quantitative estimate of drug-likeness (QED) is 0.792. The largest absolute Gasteiger partial charge is 0.336 e. The Hall–Kier alpha value is -2.09. The highest BCUT2D eigenvalue weighted by Crippen LogP contribution is 2.21. The molecule has 2 amide bonds. The van der Waals surface area contributed by atoms with E-state index in [4.69, 9.17) is 5.73 Å². The molecule has 1 fully saturated rings. The Kier molecular flexibility index (Phi) is 6.75. The van der Waals surface area contributed by atoms with Crippen LogP contribution in [0, 0.1) is 17.5 Å². The van der Waals surface area contributed by atoms with Gasteiger partial charge in [-0.05, 0) is 52.2 Å². The number of nitrogens with two attached hydrogens (primary N) is 1. The maximum atomic E-state index is 13.8. The van der Waals surface area contributed by atoms with E-state index >= 15 is 0 Å². The highest BCUT2D eigenvalue weighted by atomic mass is 19.2. The lowest BCUT2D eigenvalue weighted by Gasteiger charge is -2.34. The van der Waals surface area contributed by atoms with Gasteiger partial charge in [-0.2, -0.15) is 0 Å². The van der Waals surface area contributed by atoms with Gasteiger partial charge < -0.3 is 15.5 Å². The van der Waals surface area contributed by atoms with Gasteiger partial charge in [0.2, 0.25) is 11.8 Å². The lowest BCUT2D eigenvalue weighted by atomic mass is 10.0. The lowest BCUT2D eigenvalue weighted by molar-refractivity contribution is -0.142. The minimum atomic E-state index is -1.27. The Bertz CT molecular complexity index is 749. The Morgan fingerprint density at radius 2 is 1.82 bits per heavy atom. The predicted molar refractivity (Wildman–Crippen MR) is 99.9 cm³/mol. The molecule has 1 aliphatic heterocycles. The molecule has 0 radical (unpaired) electrons. The number of hydrogen-bond acceptors (Lipinski definition) is 3. The van der Waals surface area contributed by atoms with Crippen molar-refractivity contribution in [1.29, 1.82) is 0 Å². The number of halogens is 3. The maximum Gasteiger partial charge on any atom is 0.242 e. The molecule has 1 saturated heterocycles. The van der Waals surface area contributed by atoms with Crippen molar-refractivity contribution in [3.8, 4) is 0 Å². The molecule has 2 atom stereocenters. The second-order valence-electron chi connectivity index (χ2n) is 8.40. The van der Waals surface area contributed by atoms with Crippen molar-refractivity contribution >= 4 is 11.8 Å². The zero-order valence-corrected chi connectivity index (χ0v) is 16.8. The zero-order valence-electron chi connectivity index (χ0n) is 16.8. The van der Waals surface area contributed by atoms with E-state index in [0.717, 1.165) is 6.07 Å². The first kappa shape index (κ1) is 22.2. The van der Waals surface area contributed by atoms with Crippen molar-refractivity contribution in [3.63, 3.8) is 0 Å². The van der Waals surface area contributed by atoms with Crippen molar-refractivity contribution in [1.82, 2.24) is 9.80 Å². The van der Waals surface area contributed by atoms with E-state index in [1.807, 2.05) is 27.7 Å². The van der Waals surface area contributed by atoms with E-state index < -0.39 is 23.5 Å². The van der Waals surface area contributed by atoms with Crippen LogP contribution in [0.4, 0.5) is 13.2 Å². The first-order valence-electron chi connectivity index (χ1n) is 9.39. The van der Waals surface area contributed by atoms with E-state index in [9.17, 15) is 22.8 Å². The molecule has 1 aliphatic rings. The van der Waals surface area contributed by atoms with Crippen LogP contribution in [0.25, 0.3) is 0 Å². The van der Waals surface area contributed by atoms with Gasteiger partial charge in [-0.1, -0.05) is 0 Å². The van der Waals surface area contributed by atoms with Crippen molar-refractivity contribution in [2.75, 3.05) is 13.1 Å². The van der Waals surface area contributed by atoms with Crippen LogP contribution in [0.2, 0.25) is 0 Å². The molecule has 0 bridgehead atoms. The Labute approximate surface area is 163 Å². The number of carbonyl (C=O) groups is 2. The number of benzene rings is 1. The van der Waals surface area contributed by atoms with Gasteiger partial charge in [0.25, 0.3) is 0 Å². The average Bonchev–Trinajstić information content (AvgIpc) is 2.71. The summed E-state index contributed by atoms with van der Waals surface area (Å²) >= 11 is 0. The predicted octanol–water partition coefficient (Wildman–Crippen LogP) is 2.61. The number of nitrogens with zero attached hydrogens (tertiary/aromatic N) is 2. The van der Waals surface area contributed by atoms with Crippen LogP contribution in [-0.2, 0) is 16.0 Å². The van der Waals surface area contributed by atoms with Crippen LogP contribution < -0.4 is 5.73 Å². The maximum absolute atomic E-state index is 13.8. The van der Waals surface area contributed by atoms with Crippen LogP contribution in [-0.4, -0.2) is 52.3 Å². The Balaban J connectivity index is 2.05. The Morgan fingerprint density at radius 1 is 1.21 bits per heavy atom. The Morgan fingerprint density at radius 3 is 2.43 bits per heavy atom. The number of hydrogen-bond donors (Lipinski definition) is 1. The number of amides is 2.